The van der Waals surface area contributed by atoms with Crippen LogP contribution in [-0.4, -0.2) is 5.91 Å². The molecule has 4 rings (SSSR count). The molecule has 3 aromatic rings. The fraction of sp³-hybridized carbons (Fsp3) is 0.136. The van der Waals surface area contributed by atoms with E-state index >= 15 is 0 Å². The summed E-state index contributed by atoms with van der Waals surface area (Å²) < 4.78 is 0. The molecule has 1 amide bonds. The van der Waals surface area contributed by atoms with Crippen molar-refractivity contribution in [2.45, 2.75) is 20.0 Å². The molecular weight excluding hydrogens is 308 g/mol. The molecule has 3 aromatic carbocycles. The van der Waals surface area contributed by atoms with E-state index in [1.54, 1.807) is 0 Å². The number of nitrogens with one attached hydrogen (secondary N) is 1. The molecule has 3 nitrogen and oxygen atoms in total. The number of hydrogen-bond acceptors (Lipinski definition) is 2. The molecule has 25 heavy (non-hydrogen) atoms. The Kier molecular flexibility index (Phi) is 3.77. The largest absolute Gasteiger partial charge is 0.360 e. The summed E-state index contributed by atoms with van der Waals surface area (Å²) in [6.45, 7) is 4.16. The standard InChI is InChI=1S/C22H20N2O/c1-15-12-13-18(14-16(15)2)24-21(17-8-4-3-5-9-17)23-20-11-7-6-10-19(20)22(24)25/h3-14,21,23H,1-2H3/t21-/m0/s1. The van der Waals surface area contributed by atoms with Crippen LogP contribution in [0.3, 0.4) is 0 Å². The minimum Gasteiger partial charge on any atom is -0.360 e. The van der Waals surface area contributed by atoms with E-state index in [2.05, 4.69) is 31.3 Å². The monoisotopic (exact) mass is 328 g/mol. The lowest BCUT2D eigenvalue weighted by atomic mass is 10.0. The minimum atomic E-state index is -0.231. The fourth-order valence-corrected chi connectivity index (χ4v) is 3.26. The molecule has 0 saturated heterocycles. The number of para-hydroxylation sites is 1. The van der Waals surface area contributed by atoms with Crippen molar-refractivity contribution in [1.82, 2.24) is 0 Å². The second kappa shape index (κ2) is 6.10. The van der Waals surface area contributed by atoms with Crippen molar-refractivity contribution in [3.05, 3.63) is 95.1 Å². The molecule has 3 heteroatoms. The van der Waals surface area contributed by atoms with Gasteiger partial charge in [0, 0.05) is 11.4 Å². The number of carbonyl (C=O) groups is 1. The predicted molar refractivity (Wildman–Crippen MR) is 102 cm³/mol. The Morgan fingerprint density at radius 3 is 2.32 bits per heavy atom. The van der Waals surface area contributed by atoms with E-state index in [-0.39, 0.29) is 12.1 Å². The Hall–Kier alpha value is -3.07. The Balaban J connectivity index is 1.88. The third kappa shape index (κ3) is 2.68. The van der Waals surface area contributed by atoms with Crippen LogP contribution in [0, 0.1) is 13.8 Å². The zero-order valence-electron chi connectivity index (χ0n) is 14.4. The number of hydrogen-bond donors (Lipinski definition) is 1. The van der Waals surface area contributed by atoms with E-state index in [0.717, 1.165) is 16.9 Å². The smallest absolute Gasteiger partial charge is 0.262 e. The first kappa shape index (κ1) is 15.5. The summed E-state index contributed by atoms with van der Waals surface area (Å²) >= 11 is 0. The van der Waals surface area contributed by atoms with Crippen LogP contribution >= 0.6 is 0 Å². The van der Waals surface area contributed by atoms with Crippen LogP contribution in [0.1, 0.15) is 33.2 Å². The highest BCUT2D eigenvalue weighted by Crippen LogP contribution is 2.36. The lowest BCUT2D eigenvalue weighted by Crippen LogP contribution is -2.43. The van der Waals surface area contributed by atoms with Gasteiger partial charge in [0.1, 0.15) is 6.17 Å². The number of carbonyl (C=O) groups excluding carboxylic acids is 1. The van der Waals surface area contributed by atoms with Gasteiger partial charge in [-0.2, -0.15) is 0 Å². The molecule has 1 aliphatic heterocycles. The highest BCUT2D eigenvalue weighted by Gasteiger charge is 2.33. The minimum absolute atomic E-state index is 0.0199. The van der Waals surface area contributed by atoms with Gasteiger partial charge in [-0.1, -0.05) is 48.5 Å². The first-order valence-electron chi connectivity index (χ1n) is 8.46. The van der Waals surface area contributed by atoms with E-state index in [0.29, 0.717) is 5.56 Å². The van der Waals surface area contributed by atoms with Gasteiger partial charge in [-0.25, -0.2) is 0 Å². The maximum atomic E-state index is 13.3. The van der Waals surface area contributed by atoms with Crippen molar-refractivity contribution in [3.63, 3.8) is 0 Å². The van der Waals surface area contributed by atoms with Crippen molar-refractivity contribution in [2.24, 2.45) is 0 Å². The van der Waals surface area contributed by atoms with Gasteiger partial charge in [0.05, 0.1) is 5.56 Å². The molecule has 0 unspecified atom stereocenters. The first-order valence-corrected chi connectivity index (χ1v) is 8.46. The maximum Gasteiger partial charge on any atom is 0.262 e. The molecule has 1 atom stereocenters. The molecule has 1 heterocycles. The molecule has 0 radical (unpaired) electrons. The van der Waals surface area contributed by atoms with Gasteiger partial charge in [-0.05, 0) is 54.8 Å². The second-order valence-corrected chi connectivity index (χ2v) is 6.45. The van der Waals surface area contributed by atoms with Gasteiger partial charge in [0.2, 0.25) is 0 Å². The average molecular weight is 328 g/mol. The quantitative estimate of drug-likeness (QED) is 0.712. The molecule has 0 spiro atoms. The molecule has 0 fully saturated rings. The molecule has 124 valence electrons. The number of benzene rings is 3. The van der Waals surface area contributed by atoms with Gasteiger partial charge in [-0.3, -0.25) is 9.69 Å². The number of rotatable bonds is 2. The summed E-state index contributed by atoms with van der Waals surface area (Å²) in [5.74, 6) is 0.0199. The molecule has 0 aromatic heterocycles. The van der Waals surface area contributed by atoms with Crippen LogP contribution in [0.2, 0.25) is 0 Å². The van der Waals surface area contributed by atoms with E-state index in [1.165, 1.54) is 11.1 Å². The lowest BCUT2D eigenvalue weighted by Gasteiger charge is -2.38. The van der Waals surface area contributed by atoms with E-state index in [4.69, 9.17) is 0 Å². The zero-order chi connectivity index (χ0) is 17.4. The molecule has 1 aliphatic rings. The number of anilines is 2. The Labute approximate surface area is 147 Å². The van der Waals surface area contributed by atoms with Gasteiger partial charge in [0.15, 0.2) is 0 Å². The van der Waals surface area contributed by atoms with Crippen LogP contribution < -0.4 is 10.2 Å². The molecule has 0 saturated carbocycles. The third-order valence-electron chi connectivity index (χ3n) is 4.81. The van der Waals surface area contributed by atoms with Gasteiger partial charge in [-0.15, -0.1) is 0 Å². The number of amides is 1. The normalized spacial score (nSPS) is 16.3. The number of fused-ring (bicyclic) bond motifs is 1. The predicted octanol–water partition coefficient (Wildman–Crippen LogP) is 5.07. The Bertz CT molecular complexity index is 934. The number of nitrogens with zero attached hydrogens (tertiary/aromatic N) is 1. The first-order chi connectivity index (χ1) is 12.1. The highest BCUT2D eigenvalue weighted by molar-refractivity contribution is 6.12. The summed E-state index contributed by atoms with van der Waals surface area (Å²) in [4.78, 5) is 15.1. The van der Waals surface area contributed by atoms with Crippen molar-refractivity contribution in [3.8, 4) is 0 Å². The van der Waals surface area contributed by atoms with Crippen molar-refractivity contribution >= 4 is 17.3 Å². The van der Waals surface area contributed by atoms with Gasteiger partial charge in [0.25, 0.3) is 5.91 Å². The summed E-state index contributed by atoms with van der Waals surface area (Å²) in [6, 6.07) is 23.9. The number of aryl methyl sites for hydroxylation is 2. The third-order valence-corrected chi connectivity index (χ3v) is 4.81. The fourth-order valence-electron chi connectivity index (χ4n) is 3.26. The van der Waals surface area contributed by atoms with Crippen LogP contribution in [0.5, 0.6) is 0 Å². The highest BCUT2D eigenvalue weighted by atomic mass is 16.2. The lowest BCUT2D eigenvalue weighted by molar-refractivity contribution is 0.0975. The van der Waals surface area contributed by atoms with Gasteiger partial charge >= 0.3 is 0 Å². The molecule has 1 N–H and O–H groups in total. The van der Waals surface area contributed by atoms with Crippen molar-refractivity contribution < 1.29 is 4.79 Å². The molecular formula is C22H20N2O. The van der Waals surface area contributed by atoms with E-state index < -0.39 is 0 Å². The molecule has 0 aliphatic carbocycles. The van der Waals surface area contributed by atoms with Crippen molar-refractivity contribution in [2.75, 3.05) is 10.2 Å². The van der Waals surface area contributed by atoms with Crippen LogP contribution in [0.25, 0.3) is 0 Å². The van der Waals surface area contributed by atoms with Gasteiger partial charge < -0.3 is 5.32 Å². The van der Waals surface area contributed by atoms with E-state index in [9.17, 15) is 4.79 Å². The van der Waals surface area contributed by atoms with Crippen LogP contribution in [0.4, 0.5) is 11.4 Å². The summed E-state index contributed by atoms with van der Waals surface area (Å²) in [5, 5.41) is 3.53. The average Bonchev–Trinajstić information content (AvgIpc) is 2.65. The molecule has 0 bridgehead atoms. The van der Waals surface area contributed by atoms with Crippen LogP contribution in [-0.2, 0) is 0 Å². The SMILES string of the molecule is Cc1ccc(N2C(=O)c3ccccc3N[C@@H]2c2ccccc2)cc1C. The second-order valence-electron chi connectivity index (χ2n) is 6.45. The zero-order valence-corrected chi connectivity index (χ0v) is 14.4. The maximum absolute atomic E-state index is 13.3. The summed E-state index contributed by atoms with van der Waals surface area (Å²) in [7, 11) is 0. The summed E-state index contributed by atoms with van der Waals surface area (Å²) in [5.41, 5.74) is 5.94. The summed E-state index contributed by atoms with van der Waals surface area (Å²) in [6.07, 6.45) is -0.231. The Morgan fingerprint density at radius 2 is 1.56 bits per heavy atom. The van der Waals surface area contributed by atoms with E-state index in [1.807, 2.05) is 65.6 Å². The van der Waals surface area contributed by atoms with Crippen molar-refractivity contribution in [1.29, 1.82) is 0 Å². The van der Waals surface area contributed by atoms with Crippen LogP contribution in [0.15, 0.2) is 72.8 Å². The topological polar surface area (TPSA) is 32.3 Å². The Morgan fingerprint density at radius 1 is 0.840 bits per heavy atom.